The normalized spacial score (nSPS) is 12.5. The molecule has 0 aliphatic rings. The van der Waals surface area contributed by atoms with Gasteiger partial charge in [0, 0.05) is 6.54 Å². The molecule has 0 aliphatic heterocycles. The van der Waals surface area contributed by atoms with E-state index in [2.05, 4.69) is 5.32 Å². The standard InChI is InChI=1S/C21H24N2O5S/c1-27-21-12-6-5-11-20(21)23(29(25,26)19-9-3-2-4-10-19)16-17(24)14-22-15-18-8-7-13-28-18/h2-13,17,22,24H,14-16H2,1H3. The highest BCUT2D eigenvalue weighted by Crippen LogP contribution is 2.32. The Balaban J connectivity index is 1.83. The van der Waals surface area contributed by atoms with Crippen LogP contribution in [0.5, 0.6) is 5.75 Å². The Morgan fingerprint density at radius 3 is 2.48 bits per heavy atom. The number of sulfonamides is 1. The summed E-state index contributed by atoms with van der Waals surface area (Å²) in [5, 5.41) is 13.6. The van der Waals surface area contributed by atoms with Gasteiger partial charge in [0.1, 0.15) is 11.5 Å². The number of aliphatic hydroxyl groups is 1. The average Bonchev–Trinajstić information content (AvgIpc) is 3.26. The first-order valence-corrected chi connectivity index (χ1v) is 10.6. The molecule has 0 aliphatic carbocycles. The van der Waals surface area contributed by atoms with E-state index in [0.717, 1.165) is 5.76 Å². The van der Waals surface area contributed by atoms with Crippen molar-refractivity contribution in [2.24, 2.45) is 0 Å². The molecule has 1 atom stereocenters. The van der Waals surface area contributed by atoms with Crippen LogP contribution in [-0.4, -0.2) is 39.8 Å². The van der Waals surface area contributed by atoms with Gasteiger partial charge < -0.3 is 19.6 Å². The molecule has 7 nitrogen and oxygen atoms in total. The molecule has 0 amide bonds. The van der Waals surface area contributed by atoms with Crippen molar-refractivity contribution >= 4 is 15.7 Å². The third-order valence-electron chi connectivity index (χ3n) is 4.32. The maximum Gasteiger partial charge on any atom is 0.264 e. The number of rotatable bonds is 10. The van der Waals surface area contributed by atoms with E-state index in [1.807, 2.05) is 6.07 Å². The molecule has 0 radical (unpaired) electrons. The van der Waals surface area contributed by atoms with E-state index >= 15 is 0 Å². The van der Waals surface area contributed by atoms with Crippen LogP contribution in [0.4, 0.5) is 5.69 Å². The Labute approximate surface area is 170 Å². The van der Waals surface area contributed by atoms with E-state index in [1.54, 1.807) is 54.8 Å². The second-order valence-corrected chi connectivity index (χ2v) is 8.25. The molecule has 0 saturated heterocycles. The summed E-state index contributed by atoms with van der Waals surface area (Å²) in [5.74, 6) is 1.14. The number of nitrogens with zero attached hydrogens (tertiary/aromatic N) is 1. The predicted octanol–water partition coefficient (Wildman–Crippen LogP) is 2.63. The van der Waals surface area contributed by atoms with Crippen LogP contribution in [0.3, 0.4) is 0 Å². The van der Waals surface area contributed by atoms with Crippen molar-refractivity contribution < 1.29 is 22.7 Å². The minimum Gasteiger partial charge on any atom is -0.495 e. The van der Waals surface area contributed by atoms with Crippen molar-refractivity contribution in [1.29, 1.82) is 0 Å². The van der Waals surface area contributed by atoms with Crippen LogP contribution in [0.2, 0.25) is 0 Å². The lowest BCUT2D eigenvalue weighted by Gasteiger charge is -2.28. The Kier molecular flexibility index (Phi) is 6.92. The van der Waals surface area contributed by atoms with E-state index in [9.17, 15) is 13.5 Å². The minimum atomic E-state index is -3.90. The Bertz CT molecular complexity index is 991. The van der Waals surface area contributed by atoms with Gasteiger partial charge >= 0.3 is 0 Å². The Morgan fingerprint density at radius 1 is 1.07 bits per heavy atom. The highest BCUT2D eigenvalue weighted by atomic mass is 32.2. The Hall–Kier alpha value is -2.81. The second kappa shape index (κ2) is 9.60. The number of aliphatic hydroxyl groups excluding tert-OH is 1. The number of furan rings is 1. The second-order valence-electron chi connectivity index (χ2n) is 6.39. The molecule has 0 bridgehead atoms. The smallest absolute Gasteiger partial charge is 0.264 e. The molecule has 0 saturated carbocycles. The van der Waals surface area contributed by atoms with Gasteiger partial charge in [-0.3, -0.25) is 4.31 Å². The maximum absolute atomic E-state index is 13.3. The molecule has 1 heterocycles. The summed E-state index contributed by atoms with van der Waals surface area (Å²) in [4.78, 5) is 0.140. The van der Waals surface area contributed by atoms with Crippen molar-refractivity contribution in [1.82, 2.24) is 5.32 Å². The highest BCUT2D eigenvalue weighted by molar-refractivity contribution is 7.92. The molecule has 29 heavy (non-hydrogen) atoms. The molecule has 0 spiro atoms. The fourth-order valence-electron chi connectivity index (χ4n) is 2.91. The molecule has 0 fully saturated rings. The zero-order chi connectivity index (χ0) is 20.7. The fourth-order valence-corrected chi connectivity index (χ4v) is 4.45. The molecular weight excluding hydrogens is 392 g/mol. The van der Waals surface area contributed by atoms with Gasteiger partial charge in [-0.25, -0.2) is 8.42 Å². The van der Waals surface area contributed by atoms with Crippen LogP contribution in [-0.2, 0) is 16.6 Å². The summed E-state index contributed by atoms with van der Waals surface area (Å²) >= 11 is 0. The number of ether oxygens (including phenoxy) is 1. The van der Waals surface area contributed by atoms with Crippen molar-refractivity contribution in [2.45, 2.75) is 17.5 Å². The first-order valence-electron chi connectivity index (χ1n) is 9.14. The van der Waals surface area contributed by atoms with Gasteiger partial charge in [0.05, 0.1) is 43.1 Å². The summed E-state index contributed by atoms with van der Waals surface area (Å²) in [6.45, 7) is 0.490. The van der Waals surface area contributed by atoms with Crippen LogP contribution in [0.25, 0.3) is 0 Å². The van der Waals surface area contributed by atoms with Crippen molar-refractivity contribution in [2.75, 3.05) is 24.5 Å². The molecular formula is C21H24N2O5S. The maximum atomic E-state index is 13.3. The molecule has 8 heteroatoms. The number of nitrogens with one attached hydrogen (secondary N) is 1. The lowest BCUT2D eigenvalue weighted by molar-refractivity contribution is 0.179. The third-order valence-corrected chi connectivity index (χ3v) is 6.11. The zero-order valence-electron chi connectivity index (χ0n) is 16.1. The van der Waals surface area contributed by atoms with Gasteiger partial charge in [-0.15, -0.1) is 0 Å². The summed E-state index contributed by atoms with van der Waals surface area (Å²) in [5.41, 5.74) is 0.365. The van der Waals surface area contributed by atoms with Gasteiger partial charge in [0.15, 0.2) is 0 Å². The first-order chi connectivity index (χ1) is 14.0. The van der Waals surface area contributed by atoms with Crippen molar-refractivity contribution in [3.8, 4) is 5.75 Å². The van der Waals surface area contributed by atoms with Gasteiger partial charge in [0.25, 0.3) is 10.0 Å². The van der Waals surface area contributed by atoms with Crippen LogP contribution in [0.1, 0.15) is 5.76 Å². The highest BCUT2D eigenvalue weighted by Gasteiger charge is 2.29. The zero-order valence-corrected chi connectivity index (χ0v) is 16.9. The predicted molar refractivity (Wildman–Crippen MR) is 110 cm³/mol. The van der Waals surface area contributed by atoms with Crippen molar-refractivity contribution in [3.63, 3.8) is 0 Å². The van der Waals surface area contributed by atoms with E-state index in [1.165, 1.54) is 23.5 Å². The van der Waals surface area contributed by atoms with Gasteiger partial charge in [-0.05, 0) is 36.4 Å². The van der Waals surface area contributed by atoms with Gasteiger partial charge in [-0.2, -0.15) is 0 Å². The number of hydrogen-bond donors (Lipinski definition) is 2. The molecule has 154 valence electrons. The Morgan fingerprint density at radius 2 is 1.79 bits per heavy atom. The third kappa shape index (κ3) is 5.17. The van der Waals surface area contributed by atoms with Gasteiger partial charge in [-0.1, -0.05) is 30.3 Å². The van der Waals surface area contributed by atoms with E-state index in [4.69, 9.17) is 9.15 Å². The van der Waals surface area contributed by atoms with Crippen molar-refractivity contribution in [3.05, 3.63) is 78.8 Å². The fraction of sp³-hybridized carbons (Fsp3) is 0.238. The van der Waals surface area contributed by atoms with Crippen LogP contribution in [0, 0.1) is 0 Å². The molecule has 2 aromatic carbocycles. The summed E-state index contributed by atoms with van der Waals surface area (Å²) in [6, 6.07) is 18.6. The topological polar surface area (TPSA) is 92.0 Å². The van der Waals surface area contributed by atoms with E-state index < -0.39 is 16.1 Å². The number of anilines is 1. The molecule has 2 N–H and O–H groups in total. The van der Waals surface area contributed by atoms with Gasteiger partial charge in [0.2, 0.25) is 0 Å². The quantitative estimate of drug-likeness (QED) is 0.528. The van der Waals surface area contributed by atoms with E-state index in [0.29, 0.717) is 18.0 Å². The SMILES string of the molecule is COc1ccccc1N(CC(O)CNCc1ccco1)S(=O)(=O)c1ccccc1. The number of para-hydroxylation sites is 2. The van der Waals surface area contributed by atoms with E-state index in [-0.39, 0.29) is 18.0 Å². The number of hydrogen-bond acceptors (Lipinski definition) is 6. The summed E-state index contributed by atoms with van der Waals surface area (Å²) in [6.07, 6.45) is 0.622. The lowest BCUT2D eigenvalue weighted by Crippen LogP contribution is -2.41. The largest absolute Gasteiger partial charge is 0.495 e. The summed E-state index contributed by atoms with van der Waals surface area (Å²) < 4.78 is 38.4. The molecule has 3 rings (SSSR count). The van der Waals surface area contributed by atoms with Crippen LogP contribution < -0.4 is 14.4 Å². The first kappa shape index (κ1) is 20.9. The molecule has 3 aromatic rings. The number of benzene rings is 2. The minimum absolute atomic E-state index is 0.136. The van der Waals surface area contributed by atoms with Crippen LogP contribution >= 0.6 is 0 Å². The number of methoxy groups -OCH3 is 1. The van der Waals surface area contributed by atoms with Crippen LogP contribution in [0.15, 0.2) is 82.3 Å². The molecule has 1 unspecified atom stereocenters. The average molecular weight is 416 g/mol. The summed E-state index contributed by atoms with van der Waals surface area (Å²) in [7, 11) is -2.42. The monoisotopic (exact) mass is 416 g/mol. The lowest BCUT2D eigenvalue weighted by atomic mass is 10.2. The molecule has 1 aromatic heterocycles.